The van der Waals surface area contributed by atoms with Crippen LogP contribution < -0.4 is 4.90 Å². The van der Waals surface area contributed by atoms with E-state index in [1.807, 2.05) is 30.7 Å². The fourth-order valence-electron chi connectivity index (χ4n) is 3.56. The highest BCUT2D eigenvalue weighted by Gasteiger charge is 2.31. The van der Waals surface area contributed by atoms with Gasteiger partial charge in [0.15, 0.2) is 9.84 Å². The monoisotopic (exact) mass is 412 g/mol. The average molecular weight is 413 g/mol. The van der Waals surface area contributed by atoms with Gasteiger partial charge in [-0.2, -0.15) is 5.10 Å². The molecule has 1 aromatic carbocycles. The first-order valence-electron chi connectivity index (χ1n) is 9.20. The van der Waals surface area contributed by atoms with Gasteiger partial charge >= 0.3 is 0 Å². The number of halogens is 1. The topological polar surface area (TPSA) is 56.4 Å². The highest BCUT2D eigenvalue weighted by molar-refractivity contribution is 7.99. The second-order valence-corrected chi connectivity index (χ2v) is 10.7. The van der Waals surface area contributed by atoms with Crippen LogP contribution in [0, 0.1) is 19.7 Å². The fourth-order valence-corrected chi connectivity index (χ4v) is 6.31. The van der Waals surface area contributed by atoms with Crippen LogP contribution >= 0.6 is 11.8 Å². The van der Waals surface area contributed by atoms with Gasteiger partial charge in [0.05, 0.1) is 42.4 Å². The predicted molar refractivity (Wildman–Crippen MR) is 107 cm³/mol. The van der Waals surface area contributed by atoms with Crippen molar-refractivity contribution in [2.75, 3.05) is 30.9 Å². The number of rotatable bonds is 7. The summed E-state index contributed by atoms with van der Waals surface area (Å²) in [6.45, 7) is 5.75. The lowest BCUT2D eigenvalue weighted by Crippen LogP contribution is -3.08. The molecule has 1 fully saturated rings. The number of aromatic nitrogens is 2. The number of sulfone groups is 1. The van der Waals surface area contributed by atoms with E-state index in [0.717, 1.165) is 30.2 Å². The summed E-state index contributed by atoms with van der Waals surface area (Å²) in [5.74, 6) is 1.11. The molecule has 0 spiro atoms. The molecule has 1 aliphatic heterocycles. The van der Waals surface area contributed by atoms with Crippen molar-refractivity contribution in [3.8, 4) is 0 Å². The Kier molecular flexibility index (Phi) is 6.28. The Labute approximate surface area is 164 Å². The summed E-state index contributed by atoms with van der Waals surface area (Å²) in [4.78, 5) is 2.01. The standard InChI is InChI=1S/C19H26FN3O2S2/c1-14-17(15(2)23(21-14)16-8-11-27(24,25)13-16)12-22(3)9-10-26-19-7-5-4-6-18(19)20/h4-7,16H,8-13H2,1-3H3/p+1/t16-/m1/s1. The van der Waals surface area contributed by atoms with Crippen LogP contribution in [0.4, 0.5) is 4.39 Å². The summed E-state index contributed by atoms with van der Waals surface area (Å²) in [7, 11) is -0.805. The smallest absolute Gasteiger partial charge is 0.152 e. The van der Waals surface area contributed by atoms with Gasteiger partial charge in [-0.05, 0) is 32.4 Å². The van der Waals surface area contributed by atoms with Gasteiger partial charge in [-0.25, -0.2) is 12.8 Å². The number of benzene rings is 1. The minimum Gasteiger partial charge on any atom is -0.333 e. The van der Waals surface area contributed by atoms with Gasteiger partial charge in [-0.1, -0.05) is 12.1 Å². The first kappa shape index (κ1) is 20.4. The second kappa shape index (κ2) is 8.32. The van der Waals surface area contributed by atoms with Crippen LogP contribution in [0.3, 0.4) is 0 Å². The van der Waals surface area contributed by atoms with Gasteiger partial charge in [0.2, 0.25) is 0 Å². The zero-order valence-corrected chi connectivity index (χ0v) is 17.7. The third-order valence-electron chi connectivity index (χ3n) is 5.13. The van der Waals surface area contributed by atoms with Crippen LogP contribution in [0.2, 0.25) is 0 Å². The molecule has 2 heterocycles. The van der Waals surface area contributed by atoms with Crippen LogP contribution in [0.15, 0.2) is 29.2 Å². The zero-order chi connectivity index (χ0) is 19.6. The first-order valence-corrected chi connectivity index (χ1v) is 12.0. The highest BCUT2D eigenvalue weighted by atomic mass is 32.2. The Morgan fingerprint density at radius 3 is 2.74 bits per heavy atom. The van der Waals surface area contributed by atoms with Crippen molar-refractivity contribution < 1.29 is 17.7 Å². The minimum atomic E-state index is -2.93. The predicted octanol–water partition coefficient (Wildman–Crippen LogP) is 1.81. The van der Waals surface area contributed by atoms with Crippen molar-refractivity contribution >= 4 is 21.6 Å². The van der Waals surface area contributed by atoms with Crippen LogP contribution in [-0.2, 0) is 16.4 Å². The molecule has 0 aliphatic carbocycles. The van der Waals surface area contributed by atoms with Gasteiger partial charge in [-0.3, -0.25) is 4.68 Å². The third-order valence-corrected chi connectivity index (χ3v) is 7.93. The number of aryl methyl sites for hydroxylation is 1. The molecule has 148 valence electrons. The number of thioether (sulfide) groups is 1. The molecule has 1 unspecified atom stereocenters. The molecule has 1 aromatic heterocycles. The maximum atomic E-state index is 13.7. The van der Waals surface area contributed by atoms with Gasteiger partial charge in [0, 0.05) is 16.3 Å². The molecule has 0 saturated carbocycles. The Hall–Kier alpha value is -1.38. The van der Waals surface area contributed by atoms with Gasteiger partial charge in [-0.15, -0.1) is 11.8 Å². The first-order chi connectivity index (χ1) is 12.8. The number of hydrogen-bond acceptors (Lipinski definition) is 4. The number of nitrogens with zero attached hydrogens (tertiary/aromatic N) is 2. The molecular formula is C19H27FN3O2S2+. The van der Waals surface area contributed by atoms with Crippen LogP contribution in [0.1, 0.15) is 29.4 Å². The van der Waals surface area contributed by atoms with Crippen LogP contribution in [0.5, 0.6) is 0 Å². The summed E-state index contributed by atoms with van der Waals surface area (Å²) in [5.41, 5.74) is 3.22. The number of nitrogens with one attached hydrogen (secondary N) is 1. The maximum Gasteiger partial charge on any atom is 0.152 e. The molecule has 5 nitrogen and oxygen atoms in total. The van der Waals surface area contributed by atoms with E-state index < -0.39 is 9.84 Å². The fraction of sp³-hybridized carbons (Fsp3) is 0.526. The van der Waals surface area contributed by atoms with Gasteiger partial charge in [0.1, 0.15) is 12.4 Å². The van der Waals surface area contributed by atoms with E-state index in [4.69, 9.17) is 0 Å². The van der Waals surface area contributed by atoms with E-state index in [2.05, 4.69) is 12.1 Å². The quantitative estimate of drug-likeness (QED) is 0.705. The highest BCUT2D eigenvalue weighted by Crippen LogP contribution is 2.26. The summed E-state index contributed by atoms with van der Waals surface area (Å²) in [6, 6.07) is 6.81. The van der Waals surface area contributed by atoms with E-state index >= 15 is 0 Å². The summed E-state index contributed by atoms with van der Waals surface area (Å²) < 4.78 is 39.2. The molecular weight excluding hydrogens is 385 g/mol. The van der Waals surface area contributed by atoms with Crippen molar-refractivity contribution in [2.45, 2.75) is 37.8 Å². The van der Waals surface area contributed by atoms with E-state index in [0.29, 0.717) is 11.3 Å². The molecule has 2 atom stereocenters. The van der Waals surface area contributed by atoms with E-state index in [-0.39, 0.29) is 23.4 Å². The van der Waals surface area contributed by atoms with Crippen molar-refractivity contribution in [2.24, 2.45) is 0 Å². The Balaban J connectivity index is 1.59. The van der Waals surface area contributed by atoms with Crippen molar-refractivity contribution in [1.82, 2.24) is 9.78 Å². The molecule has 0 radical (unpaired) electrons. The normalized spacial score (nSPS) is 20.1. The summed E-state index contributed by atoms with van der Waals surface area (Å²) in [5, 5.41) is 4.63. The van der Waals surface area contributed by atoms with Gasteiger partial charge < -0.3 is 4.90 Å². The number of quaternary nitrogens is 1. The van der Waals surface area contributed by atoms with Crippen molar-refractivity contribution in [1.29, 1.82) is 0 Å². The minimum absolute atomic E-state index is 0.0423. The SMILES string of the molecule is Cc1nn([C@@H]2CCS(=O)(=O)C2)c(C)c1C[NH+](C)CCSc1ccccc1F. The Morgan fingerprint density at radius 2 is 2.07 bits per heavy atom. The zero-order valence-electron chi connectivity index (χ0n) is 16.0. The summed E-state index contributed by atoms with van der Waals surface area (Å²) >= 11 is 1.54. The molecule has 2 aromatic rings. The van der Waals surface area contributed by atoms with Crippen molar-refractivity contribution in [3.63, 3.8) is 0 Å². The Morgan fingerprint density at radius 1 is 1.33 bits per heavy atom. The molecule has 3 rings (SSSR count). The molecule has 1 N–H and O–H groups in total. The lowest BCUT2D eigenvalue weighted by Gasteiger charge is -2.15. The van der Waals surface area contributed by atoms with Crippen molar-refractivity contribution in [3.05, 3.63) is 47.0 Å². The molecule has 1 aliphatic rings. The van der Waals surface area contributed by atoms with E-state index in [1.165, 1.54) is 28.3 Å². The lowest BCUT2D eigenvalue weighted by molar-refractivity contribution is -0.891. The Bertz CT molecular complexity index is 912. The molecule has 27 heavy (non-hydrogen) atoms. The molecule has 0 amide bonds. The van der Waals surface area contributed by atoms with Crippen LogP contribution in [-0.4, -0.2) is 49.0 Å². The maximum absolute atomic E-state index is 13.7. The molecule has 0 bridgehead atoms. The molecule has 8 heteroatoms. The lowest BCUT2D eigenvalue weighted by atomic mass is 10.1. The van der Waals surface area contributed by atoms with Crippen LogP contribution in [0.25, 0.3) is 0 Å². The second-order valence-electron chi connectivity index (χ2n) is 7.31. The van der Waals surface area contributed by atoms with E-state index in [1.54, 1.807) is 6.07 Å². The largest absolute Gasteiger partial charge is 0.333 e. The summed E-state index contributed by atoms with van der Waals surface area (Å²) in [6.07, 6.45) is 0.645. The third kappa shape index (κ3) is 4.92. The molecule has 1 saturated heterocycles. The van der Waals surface area contributed by atoms with E-state index in [9.17, 15) is 12.8 Å². The van der Waals surface area contributed by atoms with Gasteiger partial charge in [0.25, 0.3) is 0 Å². The number of hydrogen-bond donors (Lipinski definition) is 1. The average Bonchev–Trinajstić information content (AvgIpc) is 3.10.